The van der Waals surface area contributed by atoms with Crippen molar-refractivity contribution in [2.24, 2.45) is 4.99 Å². The first-order chi connectivity index (χ1) is 11.3. The molecule has 0 aliphatic carbocycles. The Kier molecular flexibility index (Phi) is 5.22. The second-order valence-corrected chi connectivity index (χ2v) is 6.38. The van der Waals surface area contributed by atoms with E-state index in [1.807, 2.05) is 6.07 Å². The van der Waals surface area contributed by atoms with Crippen molar-refractivity contribution in [2.75, 3.05) is 6.54 Å². The number of aryl methyl sites for hydroxylation is 1. The molecule has 0 radical (unpaired) electrons. The van der Waals surface area contributed by atoms with Gasteiger partial charge in [-0.05, 0) is 42.5 Å². The Labute approximate surface area is 141 Å². The standard InChI is InChI=1S/C20H20N2S/c1-16-9-11-18(12-10-16)22-20(19-8-5-15-23-19)21-14-13-17-6-3-2-4-7-17/h2-12,15H,13-14H2,1H3,(H,21,22). The SMILES string of the molecule is Cc1ccc(/N=C(\NCCc2ccccc2)c2cccs2)cc1. The number of nitrogens with zero attached hydrogens (tertiary/aromatic N) is 1. The number of hydrogen-bond donors (Lipinski definition) is 1. The van der Waals surface area contributed by atoms with Gasteiger partial charge >= 0.3 is 0 Å². The lowest BCUT2D eigenvalue weighted by molar-refractivity contribution is 0.867. The lowest BCUT2D eigenvalue weighted by Crippen LogP contribution is -2.25. The zero-order valence-corrected chi connectivity index (χ0v) is 14.0. The van der Waals surface area contributed by atoms with Crippen LogP contribution >= 0.6 is 11.3 Å². The van der Waals surface area contributed by atoms with E-state index in [0.29, 0.717) is 0 Å². The summed E-state index contributed by atoms with van der Waals surface area (Å²) >= 11 is 1.71. The Morgan fingerprint density at radius 3 is 2.43 bits per heavy atom. The van der Waals surface area contributed by atoms with Crippen LogP contribution in [0.25, 0.3) is 0 Å². The topological polar surface area (TPSA) is 24.4 Å². The molecule has 116 valence electrons. The summed E-state index contributed by atoms with van der Waals surface area (Å²) in [5.41, 5.74) is 3.56. The van der Waals surface area contributed by atoms with Crippen molar-refractivity contribution in [3.63, 3.8) is 0 Å². The number of amidine groups is 1. The van der Waals surface area contributed by atoms with Crippen LogP contribution in [0.3, 0.4) is 0 Å². The van der Waals surface area contributed by atoms with Gasteiger partial charge in [-0.3, -0.25) is 0 Å². The van der Waals surface area contributed by atoms with Crippen LogP contribution in [0.5, 0.6) is 0 Å². The van der Waals surface area contributed by atoms with Crippen molar-refractivity contribution < 1.29 is 0 Å². The summed E-state index contributed by atoms with van der Waals surface area (Å²) in [4.78, 5) is 5.95. The van der Waals surface area contributed by atoms with Crippen molar-refractivity contribution in [1.82, 2.24) is 5.32 Å². The molecule has 2 nitrogen and oxygen atoms in total. The minimum atomic E-state index is 0.868. The summed E-state index contributed by atoms with van der Waals surface area (Å²) in [5.74, 6) is 0.944. The molecular formula is C20H20N2S. The van der Waals surface area contributed by atoms with Crippen LogP contribution < -0.4 is 5.32 Å². The number of benzene rings is 2. The molecule has 0 amide bonds. The van der Waals surface area contributed by atoms with Gasteiger partial charge in [-0.2, -0.15) is 0 Å². The predicted octanol–water partition coefficient (Wildman–Crippen LogP) is 4.97. The summed E-state index contributed by atoms with van der Waals surface area (Å²) in [6, 6.07) is 23.0. The molecule has 23 heavy (non-hydrogen) atoms. The molecule has 0 atom stereocenters. The van der Waals surface area contributed by atoms with E-state index in [-0.39, 0.29) is 0 Å². The largest absolute Gasteiger partial charge is 0.369 e. The fourth-order valence-corrected chi connectivity index (χ4v) is 3.00. The molecular weight excluding hydrogens is 300 g/mol. The molecule has 1 N–H and O–H groups in total. The normalized spacial score (nSPS) is 11.4. The van der Waals surface area contributed by atoms with Crippen molar-refractivity contribution in [2.45, 2.75) is 13.3 Å². The Balaban J connectivity index is 1.73. The van der Waals surface area contributed by atoms with Gasteiger partial charge in [-0.25, -0.2) is 4.99 Å². The van der Waals surface area contributed by atoms with Gasteiger partial charge in [0.15, 0.2) is 0 Å². The molecule has 1 heterocycles. The maximum Gasteiger partial charge on any atom is 0.144 e. The summed E-state index contributed by atoms with van der Waals surface area (Å²) in [6.07, 6.45) is 0.985. The molecule has 3 heteroatoms. The van der Waals surface area contributed by atoms with Crippen LogP contribution in [-0.2, 0) is 6.42 Å². The van der Waals surface area contributed by atoms with Crippen molar-refractivity contribution in [1.29, 1.82) is 0 Å². The molecule has 0 saturated heterocycles. The third kappa shape index (κ3) is 4.54. The third-order valence-electron chi connectivity index (χ3n) is 3.58. The molecule has 0 aliphatic heterocycles. The molecule has 0 unspecified atom stereocenters. The zero-order chi connectivity index (χ0) is 15.9. The van der Waals surface area contributed by atoms with Crippen LogP contribution in [0, 0.1) is 6.92 Å². The summed E-state index contributed by atoms with van der Waals surface area (Å²) in [7, 11) is 0. The minimum absolute atomic E-state index is 0.868. The Hall–Kier alpha value is -2.39. The zero-order valence-electron chi connectivity index (χ0n) is 13.2. The van der Waals surface area contributed by atoms with Gasteiger partial charge in [0.2, 0.25) is 0 Å². The second kappa shape index (κ2) is 7.75. The molecule has 3 aromatic rings. The van der Waals surface area contributed by atoms with Crippen molar-refractivity contribution in [3.8, 4) is 0 Å². The molecule has 0 fully saturated rings. The van der Waals surface area contributed by atoms with E-state index < -0.39 is 0 Å². The van der Waals surface area contributed by atoms with Gasteiger partial charge in [0.25, 0.3) is 0 Å². The van der Waals surface area contributed by atoms with E-state index in [4.69, 9.17) is 4.99 Å². The highest BCUT2D eigenvalue weighted by Gasteiger charge is 2.05. The fourth-order valence-electron chi connectivity index (χ4n) is 2.31. The number of aliphatic imine (C=N–C) groups is 1. The molecule has 0 spiro atoms. The molecule has 3 rings (SSSR count). The number of rotatable bonds is 5. The molecule has 0 aliphatic rings. The summed E-state index contributed by atoms with van der Waals surface area (Å²) in [5, 5.41) is 5.58. The van der Waals surface area contributed by atoms with Crippen molar-refractivity contribution in [3.05, 3.63) is 88.1 Å². The maximum absolute atomic E-state index is 4.79. The molecule has 0 bridgehead atoms. The quantitative estimate of drug-likeness (QED) is 0.521. The predicted molar refractivity (Wildman–Crippen MR) is 99.8 cm³/mol. The van der Waals surface area contributed by atoms with E-state index in [1.54, 1.807) is 11.3 Å². The Bertz CT molecular complexity index is 744. The van der Waals surface area contributed by atoms with Gasteiger partial charge < -0.3 is 5.32 Å². The van der Waals surface area contributed by atoms with Gasteiger partial charge in [-0.15, -0.1) is 11.3 Å². The highest BCUT2D eigenvalue weighted by atomic mass is 32.1. The van der Waals surface area contributed by atoms with E-state index in [0.717, 1.165) is 24.5 Å². The van der Waals surface area contributed by atoms with Crippen LogP contribution in [-0.4, -0.2) is 12.4 Å². The van der Waals surface area contributed by atoms with Crippen LogP contribution in [0.2, 0.25) is 0 Å². The number of hydrogen-bond acceptors (Lipinski definition) is 2. The number of nitrogens with one attached hydrogen (secondary N) is 1. The summed E-state index contributed by atoms with van der Waals surface area (Å²) < 4.78 is 0. The first-order valence-corrected chi connectivity index (χ1v) is 8.66. The van der Waals surface area contributed by atoms with Gasteiger partial charge in [0.05, 0.1) is 10.6 Å². The van der Waals surface area contributed by atoms with Gasteiger partial charge in [-0.1, -0.05) is 54.1 Å². The summed E-state index contributed by atoms with van der Waals surface area (Å²) in [6.45, 7) is 2.96. The van der Waals surface area contributed by atoms with Crippen LogP contribution in [0.1, 0.15) is 16.0 Å². The molecule has 0 saturated carbocycles. The lowest BCUT2D eigenvalue weighted by atomic mass is 10.1. The average Bonchev–Trinajstić information content (AvgIpc) is 3.11. The van der Waals surface area contributed by atoms with Gasteiger partial charge in [0.1, 0.15) is 5.84 Å². The minimum Gasteiger partial charge on any atom is -0.369 e. The first kappa shape index (κ1) is 15.5. The van der Waals surface area contributed by atoms with Crippen LogP contribution in [0.15, 0.2) is 77.1 Å². The first-order valence-electron chi connectivity index (χ1n) is 7.78. The van der Waals surface area contributed by atoms with Gasteiger partial charge in [0, 0.05) is 6.54 Å². The molecule has 2 aromatic carbocycles. The van der Waals surface area contributed by atoms with E-state index in [9.17, 15) is 0 Å². The maximum atomic E-state index is 4.79. The fraction of sp³-hybridized carbons (Fsp3) is 0.150. The average molecular weight is 320 g/mol. The van der Waals surface area contributed by atoms with Crippen LogP contribution in [0.4, 0.5) is 5.69 Å². The smallest absolute Gasteiger partial charge is 0.144 e. The number of thiophene rings is 1. The Morgan fingerprint density at radius 1 is 0.957 bits per heavy atom. The highest BCUT2D eigenvalue weighted by Crippen LogP contribution is 2.16. The van der Waals surface area contributed by atoms with E-state index >= 15 is 0 Å². The lowest BCUT2D eigenvalue weighted by Gasteiger charge is -2.09. The van der Waals surface area contributed by atoms with E-state index in [1.165, 1.54) is 16.0 Å². The Morgan fingerprint density at radius 2 is 1.74 bits per heavy atom. The van der Waals surface area contributed by atoms with E-state index in [2.05, 4.69) is 78.3 Å². The van der Waals surface area contributed by atoms with Crippen molar-refractivity contribution >= 4 is 22.9 Å². The monoisotopic (exact) mass is 320 g/mol. The molecule has 1 aromatic heterocycles. The second-order valence-electron chi connectivity index (χ2n) is 5.44. The third-order valence-corrected chi connectivity index (χ3v) is 4.45. The highest BCUT2D eigenvalue weighted by molar-refractivity contribution is 7.12.